The summed E-state index contributed by atoms with van der Waals surface area (Å²) in [6.45, 7) is 0. The van der Waals surface area contributed by atoms with Gasteiger partial charge in [-0.3, -0.25) is 4.79 Å². The van der Waals surface area contributed by atoms with E-state index < -0.39 is 0 Å². The molecule has 0 unspecified atom stereocenters. The Balaban J connectivity index is 1.25. The van der Waals surface area contributed by atoms with Gasteiger partial charge in [-0.05, 0) is 31.0 Å². The van der Waals surface area contributed by atoms with E-state index in [1.807, 2.05) is 0 Å². The summed E-state index contributed by atoms with van der Waals surface area (Å²) in [6, 6.07) is 9.68. The average Bonchev–Trinajstić information content (AvgIpc) is 3.27. The van der Waals surface area contributed by atoms with Crippen LogP contribution in [0.15, 0.2) is 58.5 Å². The lowest BCUT2D eigenvalue weighted by atomic mass is 10.2. The highest BCUT2D eigenvalue weighted by Crippen LogP contribution is 2.23. The average molecular weight is 437 g/mol. The van der Waals surface area contributed by atoms with Gasteiger partial charge in [-0.1, -0.05) is 29.1 Å². The van der Waals surface area contributed by atoms with Crippen molar-refractivity contribution in [3.8, 4) is 17.2 Å². The third-order valence-electron chi connectivity index (χ3n) is 4.49. The van der Waals surface area contributed by atoms with Crippen LogP contribution in [0.5, 0.6) is 0 Å². The topological polar surface area (TPSA) is 112 Å². The van der Waals surface area contributed by atoms with Crippen LogP contribution in [0.3, 0.4) is 0 Å². The highest BCUT2D eigenvalue weighted by atomic mass is 32.2. The van der Waals surface area contributed by atoms with Gasteiger partial charge < -0.3 is 9.84 Å². The van der Waals surface area contributed by atoms with Gasteiger partial charge in [0, 0.05) is 23.9 Å². The van der Waals surface area contributed by atoms with Crippen molar-refractivity contribution in [1.82, 2.24) is 35.2 Å². The van der Waals surface area contributed by atoms with E-state index >= 15 is 0 Å². The van der Waals surface area contributed by atoms with Crippen LogP contribution in [0, 0.1) is 5.82 Å². The molecule has 1 aliphatic carbocycles. The van der Waals surface area contributed by atoms with Crippen LogP contribution in [0.4, 0.5) is 4.39 Å². The van der Waals surface area contributed by atoms with Crippen LogP contribution < -0.4 is 5.32 Å². The molecule has 4 aromatic rings. The van der Waals surface area contributed by atoms with Gasteiger partial charge in [0.1, 0.15) is 17.2 Å². The second kappa shape index (κ2) is 8.26. The molecule has 1 aliphatic rings. The zero-order valence-corrected chi connectivity index (χ0v) is 16.9. The SMILES string of the molecule is O=C(NC1CC1)c1ccn(-c2cc(SCc3nc(-c4cccc(F)c4)no3)ncn2)n1. The molecular weight excluding hydrogens is 421 g/mol. The van der Waals surface area contributed by atoms with Crippen molar-refractivity contribution in [2.24, 2.45) is 0 Å². The first-order valence-corrected chi connectivity index (χ1v) is 10.5. The molecule has 0 atom stereocenters. The maximum Gasteiger partial charge on any atom is 0.272 e. The molecule has 0 aliphatic heterocycles. The summed E-state index contributed by atoms with van der Waals surface area (Å²) in [5.74, 6) is 1.09. The third kappa shape index (κ3) is 4.61. The van der Waals surface area contributed by atoms with E-state index in [1.54, 1.807) is 30.5 Å². The van der Waals surface area contributed by atoms with Crippen LogP contribution >= 0.6 is 11.8 Å². The molecule has 3 aromatic heterocycles. The number of carbonyl (C=O) groups excluding carboxylic acids is 1. The number of rotatable bonds is 7. The quantitative estimate of drug-likeness (QED) is 0.347. The minimum Gasteiger partial charge on any atom is -0.348 e. The summed E-state index contributed by atoms with van der Waals surface area (Å²) in [6.07, 6.45) is 5.14. The fraction of sp³-hybridized carbons (Fsp3) is 0.200. The van der Waals surface area contributed by atoms with Crippen LogP contribution in [-0.2, 0) is 5.75 Å². The second-order valence-corrected chi connectivity index (χ2v) is 7.91. The highest BCUT2D eigenvalue weighted by Gasteiger charge is 2.24. The molecule has 1 amide bonds. The maximum atomic E-state index is 13.4. The minimum absolute atomic E-state index is 0.185. The molecule has 0 saturated heterocycles. The van der Waals surface area contributed by atoms with E-state index in [0.717, 1.165) is 12.8 Å². The number of hydrogen-bond donors (Lipinski definition) is 1. The predicted octanol–water partition coefficient (Wildman–Crippen LogP) is 3.04. The molecule has 0 radical (unpaired) electrons. The zero-order chi connectivity index (χ0) is 21.2. The third-order valence-corrected chi connectivity index (χ3v) is 5.40. The number of aromatic nitrogens is 6. The number of thioether (sulfide) groups is 1. The molecule has 11 heteroatoms. The minimum atomic E-state index is -0.362. The molecule has 1 fully saturated rings. The molecule has 9 nitrogen and oxygen atoms in total. The lowest BCUT2D eigenvalue weighted by Gasteiger charge is -2.03. The van der Waals surface area contributed by atoms with Gasteiger partial charge in [0.25, 0.3) is 5.91 Å². The summed E-state index contributed by atoms with van der Waals surface area (Å²) >= 11 is 1.38. The van der Waals surface area contributed by atoms with Gasteiger partial charge >= 0.3 is 0 Å². The van der Waals surface area contributed by atoms with Crippen LogP contribution in [0.2, 0.25) is 0 Å². The Morgan fingerprint density at radius 1 is 1.26 bits per heavy atom. The smallest absolute Gasteiger partial charge is 0.272 e. The van der Waals surface area contributed by atoms with Crippen molar-refractivity contribution >= 4 is 17.7 Å². The van der Waals surface area contributed by atoms with Gasteiger partial charge in [0.05, 0.1) is 5.75 Å². The van der Waals surface area contributed by atoms with Crippen LogP contribution in [-0.4, -0.2) is 41.8 Å². The first-order valence-electron chi connectivity index (χ1n) is 9.54. The maximum absolute atomic E-state index is 13.4. The first kappa shape index (κ1) is 19.4. The van der Waals surface area contributed by atoms with Crippen molar-refractivity contribution < 1.29 is 13.7 Å². The van der Waals surface area contributed by atoms with E-state index in [1.165, 1.54) is 34.9 Å². The number of amides is 1. The van der Waals surface area contributed by atoms with Crippen molar-refractivity contribution in [3.63, 3.8) is 0 Å². The first-order chi connectivity index (χ1) is 15.1. The summed E-state index contributed by atoms with van der Waals surface area (Å²) in [4.78, 5) is 24.9. The molecule has 1 saturated carbocycles. The van der Waals surface area contributed by atoms with E-state index in [4.69, 9.17) is 4.52 Å². The van der Waals surface area contributed by atoms with Gasteiger partial charge in [-0.25, -0.2) is 19.0 Å². The lowest BCUT2D eigenvalue weighted by Crippen LogP contribution is -2.25. The normalized spacial score (nSPS) is 13.3. The summed E-state index contributed by atoms with van der Waals surface area (Å²) in [7, 11) is 0. The molecular formula is C20H16FN7O2S. The van der Waals surface area contributed by atoms with Gasteiger partial charge in [-0.2, -0.15) is 10.1 Å². The van der Waals surface area contributed by atoms with Crippen LogP contribution in [0.25, 0.3) is 17.2 Å². The Morgan fingerprint density at radius 3 is 3.00 bits per heavy atom. The van der Waals surface area contributed by atoms with Gasteiger partial charge in [0.2, 0.25) is 11.7 Å². The number of nitrogens with one attached hydrogen (secondary N) is 1. The molecule has 0 bridgehead atoms. The number of benzene rings is 1. The Morgan fingerprint density at radius 2 is 2.16 bits per heavy atom. The van der Waals surface area contributed by atoms with Gasteiger partial charge in [-0.15, -0.1) is 0 Å². The molecule has 31 heavy (non-hydrogen) atoms. The molecule has 5 rings (SSSR count). The predicted molar refractivity (Wildman–Crippen MR) is 109 cm³/mol. The fourth-order valence-electron chi connectivity index (χ4n) is 2.79. The number of carbonyl (C=O) groups is 1. The lowest BCUT2D eigenvalue weighted by molar-refractivity contribution is 0.0945. The highest BCUT2D eigenvalue weighted by molar-refractivity contribution is 7.98. The Labute approximate surface area is 180 Å². The van der Waals surface area contributed by atoms with Crippen LogP contribution in [0.1, 0.15) is 29.2 Å². The standard InChI is InChI=1S/C20H16FN7O2S/c21-13-3-1-2-12(8-13)19-25-17(30-27-19)10-31-18-9-16(22-11-23-18)28-7-6-15(26-28)20(29)24-14-4-5-14/h1-3,6-9,11,14H,4-5,10H2,(H,24,29). The van der Waals surface area contributed by atoms with E-state index in [0.29, 0.717) is 39.6 Å². The van der Waals surface area contributed by atoms with E-state index in [-0.39, 0.29) is 17.8 Å². The van der Waals surface area contributed by atoms with E-state index in [9.17, 15) is 9.18 Å². The van der Waals surface area contributed by atoms with Crippen molar-refractivity contribution in [2.75, 3.05) is 0 Å². The second-order valence-electron chi connectivity index (χ2n) is 6.92. The molecule has 156 valence electrons. The van der Waals surface area contributed by atoms with Crippen molar-refractivity contribution in [2.45, 2.75) is 29.7 Å². The zero-order valence-electron chi connectivity index (χ0n) is 16.1. The number of nitrogens with zero attached hydrogens (tertiary/aromatic N) is 6. The largest absolute Gasteiger partial charge is 0.348 e. The summed E-state index contributed by atoms with van der Waals surface area (Å²) in [5, 5.41) is 11.8. The Bertz CT molecular complexity index is 1240. The molecule has 1 aromatic carbocycles. The number of hydrogen-bond acceptors (Lipinski definition) is 8. The summed E-state index contributed by atoms with van der Waals surface area (Å²) in [5.41, 5.74) is 0.889. The van der Waals surface area contributed by atoms with E-state index in [2.05, 4.69) is 30.5 Å². The molecule has 3 heterocycles. The molecule has 0 spiro atoms. The van der Waals surface area contributed by atoms with Crippen molar-refractivity contribution in [1.29, 1.82) is 0 Å². The Kier molecular flexibility index (Phi) is 5.16. The Hall–Kier alpha value is -3.60. The summed E-state index contributed by atoms with van der Waals surface area (Å²) < 4.78 is 20.2. The molecule has 1 N–H and O–H groups in total. The monoisotopic (exact) mass is 437 g/mol. The fourth-order valence-corrected chi connectivity index (χ4v) is 3.49. The van der Waals surface area contributed by atoms with Gasteiger partial charge in [0.15, 0.2) is 11.5 Å². The van der Waals surface area contributed by atoms with Crippen molar-refractivity contribution in [3.05, 3.63) is 66.3 Å². The number of halogens is 1.